The summed E-state index contributed by atoms with van der Waals surface area (Å²) in [5, 5.41) is 31.6. The van der Waals surface area contributed by atoms with Gasteiger partial charge in [-0.1, -0.05) is 19.1 Å². The Kier molecular flexibility index (Phi) is 11.9. The molecule has 0 radical (unpaired) electrons. The van der Waals surface area contributed by atoms with Gasteiger partial charge in [0.25, 0.3) is 0 Å². The second kappa shape index (κ2) is 14.6. The molecule has 1 aliphatic rings. The van der Waals surface area contributed by atoms with Crippen molar-refractivity contribution in [3.63, 3.8) is 0 Å². The van der Waals surface area contributed by atoms with Gasteiger partial charge < -0.3 is 25.5 Å². The largest absolute Gasteiger partial charge is 0.480 e. The fourth-order valence-corrected chi connectivity index (χ4v) is 4.40. The Bertz CT molecular complexity index is 821. The molecule has 1 aliphatic heterocycles. The van der Waals surface area contributed by atoms with E-state index < -0.39 is 17.9 Å². The normalized spacial score (nSPS) is 20.0. The molecular weight excluding hydrogens is 454 g/mol. The Hall–Kier alpha value is -2.73. The fraction of sp³-hybridized carbons (Fsp3) is 0.625. The van der Waals surface area contributed by atoms with E-state index in [0.29, 0.717) is 52.2 Å². The fourth-order valence-electron chi connectivity index (χ4n) is 4.40. The van der Waals surface area contributed by atoms with Crippen LogP contribution in [0.25, 0.3) is 0 Å². The highest BCUT2D eigenvalue weighted by Gasteiger charge is 2.27. The van der Waals surface area contributed by atoms with Gasteiger partial charge in [-0.25, -0.2) is 0 Å². The maximum absolute atomic E-state index is 11.8. The quantitative estimate of drug-likeness (QED) is 0.354. The molecule has 35 heavy (non-hydrogen) atoms. The molecule has 1 atom stereocenters. The molecule has 1 fully saturated rings. The van der Waals surface area contributed by atoms with Crippen LogP contribution in [0.5, 0.6) is 0 Å². The lowest BCUT2D eigenvalue weighted by atomic mass is 10.0. The van der Waals surface area contributed by atoms with Crippen LogP contribution in [-0.4, -0.2) is 138 Å². The molecule has 0 aromatic heterocycles. The van der Waals surface area contributed by atoms with Gasteiger partial charge in [0.2, 0.25) is 0 Å². The minimum Gasteiger partial charge on any atom is -0.480 e. The molecule has 1 unspecified atom stereocenters. The number of likely N-dealkylation sites (N-methyl/N-ethyl adjacent to an activating group) is 1. The lowest BCUT2D eigenvalue weighted by molar-refractivity contribution is -0.141. The third-order valence-electron chi connectivity index (χ3n) is 6.37. The van der Waals surface area contributed by atoms with Gasteiger partial charge in [-0.15, -0.1) is 0 Å². The Labute approximate surface area is 206 Å². The van der Waals surface area contributed by atoms with Gasteiger partial charge in [0.1, 0.15) is 0 Å². The highest BCUT2D eigenvalue weighted by Crippen LogP contribution is 2.15. The van der Waals surface area contributed by atoms with E-state index in [1.54, 1.807) is 0 Å². The molecule has 11 nitrogen and oxygen atoms in total. The van der Waals surface area contributed by atoms with Crippen LogP contribution in [0, 0.1) is 0 Å². The number of carboxylic acids is 3. The van der Waals surface area contributed by atoms with Crippen LogP contribution in [0.2, 0.25) is 0 Å². The molecule has 0 bridgehead atoms. The van der Waals surface area contributed by atoms with Gasteiger partial charge >= 0.3 is 17.9 Å². The summed E-state index contributed by atoms with van der Waals surface area (Å²) in [6, 6.07) is 7.62. The van der Waals surface area contributed by atoms with E-state index in [2.05, 4.69) is 10.2 Å². The van der Waals surface area contributed by atoms with Crippen molar-refractivity contribution < 1.29 is 29.7 Å². The van der Waals surface area contributed by atoms with E-state index in [0.717, 1.165) is 17.8 Å². The lowest BCUT2D eigenvalue weighted by Gasteiger charge is -2.37. The third-order valence-corrected chi connectivity index (χ3v) is 6.37. The first-order chi connectivity index (χ1) is 16.7. The molecule has 0 aliphatic carbocycles. The molecular formula is C24H39N5O6. The molecule has 1 aromatic carbocycles. The van der Waals surface area contributed by atoms with E-state index in [1.165, 1.54) is 0 Å². The second-order valence-electron chi connectivity index (χ2n) is 8.90. The van der Waals surface area contributed by atoms with Crippen molar-refractivity contribution >= 4 is 23.6 Å². The van der Waals surface area contributed by atoms with Gasteiger partial charge in [-0.2, -0.15) is 0 Å². The monoisotopic (exact) mass is 493 g/mol. The predicted molar refractivity (Wildman–Crippen MR) is 133 cm³/mol. The van der Waals surface area contributed by atoms with Crippen molar-refractivity contribution in [1.82, 2.24) is 19.6 Å². The lowest BCUT2D eigenvalue weighted by Crippen LogP contribution is -2.53. The summed E-state index contributed by atoms with van der Waals surface area (Å²) < 4.78 is 0. The average molecular weight is 494 g/mol. The summed E-state index contributed by atoms with van der Waals surface area (Å²) >= 11 is 0. The SMILES string of the molecule is CCN1CCN(CC(=O)O)CCN(CC(=O)O)C(Cc2ccc(NC)cc2)CN(CC(=O)O)CC1. The number of rotatable bonds is 10. The Balaban J connectivity index is 2.36. The van der Waals surface area contributed by atoms with Crippen LogP contribution in [-0.2, 0) is 20.8 Å². The van der Waals surface area contributed by atoms with E-state index in [4.69, 9.17) is 0 Å². The van der Waals surface area contributed by atoms with Gasteiger partial charge in [0.05, 0.1) is 19.6 Å². The second-order valence-corrected chi connectivity index (χ2v) is 8.90. The summed E-state index contributed by atoms with van der Waals surface area (Å²) in [5.41, 5.74) is 1.98. The standard InChI is InChI=1S/C24H39N5O6/c1-3-26-8-10-27(16-22(30)31)12-13-29(18-24(34)35)21(15-28(11-9-26)17-23(32)33)14-19-4-6-20(25-2)7-5-19/h4-7,21,25H,3,8-18H2,1-2H3,(H,30,31)(H,32,33)(H,34,35). The number of nitrogens with zero attached hydrogens (tertiary/aromatic N) is 4. The van der Waals surface area contributed by atoms with Gasteiger partial charge in [-0.05, 0) is 30.7 Å². The van der Waals surface area contributed by atoms with Crippen molar-refractivity contribution in [2.75, 3.05) is 84.4 Å². The highest BCUT2D eigenvalue weighted by molar-refractivity contribution is 5.70. The number of anilines is 1. The Morgan fingerprint density at radius 1 is 0.800 bits per heavy atom. The van der Waals surface area contributed by atoms with Crippen molar-refractivity contribution in [3.05, 3.63) is 29.8 Å². The predicted octanol–water partition coefficient (Wildman–Crippen LogP) is 0.135. The van der Waals surface area contributed by atoms with Crippen LogP contribution in [0.1, 0.15) is 12.5 Å². The number of carbonyl (C=O) groups is 3. The summed E-state index contributed by atoms with van der Waals surface area (Å²) in [6.45, 7) is 5.89. The molecule has 196 valence electrons. The first-order valence-electron chi connectivity index (χ1n) is 12.0. The van der Waals surface area contributed by atoms with Gasteiger partial charge in [-0.3, -0.25) is 29.1 Å². The summed E-state index contributed by atoms with van der Waals surface area (Å²) in [7, 11) is 1.84. The van der Waals surface area contributed by atoms with E-state index in [9.17, 15) is 29.7 Å². The number of nitrogens with one attached hydrogen (secondary N) is 1. The topological polar surface area (TPSA) is 137 Å². The highest BCUT2D eigenvalue weighted by atomic mass is 16.4. The van der Waals surface area contributed by atoms with Crippen LogP contribution in [0.3, 0.4) is 0 Å². The zero-order valence-electron chi connectivity index (χ0n) is 20.7. The first-order valence-corrected chi connectivity index (χ1v) is 12.0. The molecule has 2 rings (SSSR count). The van der Waals surface area contributed by atoms with Crippen LogP contribution in [0.15, 0.2) is 24.3 Å². The molecule has 0 spiro atoms. The minimum atomic E-state index is -0.973. The minimum absolute atomic E-state index is 0.111. The van der Waals surface area contributed by atoms with Crippen LogP contribution >= 0.6 is 0 Å². The van der Waals surface area contributed by atoms with Gasteiger partial charge in [0.15, 0.2) is 0 Å². The van der Waals surface area contributed by atoms with Crippen molar-refractivity contribution in [2.45, 2.75) is 19.4 Å². The summed E-state index contributed by atoms with van der Waals surface area (Å²) in [5.74, 6) is -2.81. The molecule has 1 heterocycles. The van der Waals surface area contributed by atoms with E-state index >= 15 is 0 Å². The van der Waals surface area contributed by atoms with Crippen LogP contribution in [0.4, 0.5) is 5.69 Å². The van der Waals surface area contributed by atoms with Crippen molar-refractivity contribution in [2.24, 2.45) is 0 Å². The number of hydrogen-bond acceptors (Lipinski definition) is 8. The Morgan fingerprint density at radius 2 is 1.31 bits per heavy atom. The van der Waals surface area contributed by atoms with Crippen molar-refractivity contribution in [3.8, 4) is 0 Å². The zero-order valence-corrected chi connectivity index (χ0v) is 20.7. The van der Waals surface area contributed by atoms with Gasteiger partial charge in [0, 0.05) is 64.6 Å². The summed E-state index contributed by atoms with van der Waals surface area (Å²) in [4.78, 5) is 42.5. The number of benzene rings is 1. The number of carboxylic acid groups (broad SMARTS) is 3. The van der Waals surface area contributed by atoms with E-state index in [1.807, 2.05) is 52.9 Å². The molecule has 0 amide bonds. The number of hydrogen-bond donors (Lipinski definition) is 4. The smallest absolute Gasteiger partial charge is 0.317 e. The van der Waals surface area contributed by atoms with Crippen LogP contribution < -0.4 is 5.32 Å². The molecule has 1 aromatic rings. The number of aliphatic carboxylic acids is 3. The molecule has 1 saturated heterocycles. The van der Waals surface area contributed by atoms with Crippen molar-refractivity contribution in [1.29, 1.82) is 0 Å². The zero-order chi connectivity index (χ0) is 25.8. The van der Waals surface area contributed by atoms with E-state index in [-0.39, 0.29) is 25.7 Å². The molecule has 4 N–H and O–H groups in total. The molecule has 0 saturated carbocycles. The first kappa shape index (κ1) is 28.5. The third kappa shape index (κ3) is 10.6. The molecule has 11 heteroatoms. The maximum atomic E-state index is 11.8. The summed E-state index contributed by atoms with van der Waals surface area (Å²) in [6.07, 6.45) is 0.545. The maximum Gasteiger partial charge on any atom is 0.317 e. The Morgan fingerprint density at radius 3 is 1.86 bits per heavy atom. The average Bonchev–Trinajstić information content (AvgIpc) is 2.79.